The van der Waals surface area contributed by atoms with Crippen molar-refractivity contribution in [3.63, 3.8) is 0 Å². The summed E-state index contributed by atoms with van der Waals surface area (Å²) in [6, 6.07) is 12.2. The van der Waals surface area contributed by atoms with Gasteiger partial charge in [0.25, 0.3) is 0 Å². The van der Waals surface area contributed by atoms with Gasteiger partial charge in [0.05, 0.1) is 30.6 Å². The maximum atomic E-state index is 5.50. The van der Waals surface area contributed by atoms with Crippen LogP contribution in [0.15, 0.2) is 55.0 Å². The Labute approximate surface area is 174 Å². The van der Waals surface area contributed by atoms with Crippen LogP contribution in [0.25, 0.3) is 22.2 Å². The number of pyridine rings is 1. The Kier molecular flexibility index (Phi) is 5.22. The highest BCUT2D eigenvalue weighted by molar-refractivity contribution is 5.93. The monoisotopic (exact) mass is 401 g/mol. The minimum atomic E-state index is 0.689. The summed E-state index contributed by atoms with van der Waals surface area (Å²) in [6.07, 6.45) is 6.40. The Bertz CT molecular complexity index is 1120. The molecule has 8 heteroatoms. The van der Waals surface area contributed by atoms with Crippen LogP contribution in [0, 0.1) is 0 Å². The van der Waals surface area contributed by atoms with Crippen LogP contribution in [0.3, 0.4) is 0 Å². The van der Waals surface area contributed by atoms with Crippen molar-refractivity contribution in [1.29, 1.82) is 0 Å². The molecule has 2 N–H and O–H groups in total. The van der Waals surface area contributed by atoms with Gasteiger partial charge in [-0.05, 0) is 24.1 Å². The molecule has 1 aliphatic heterocycles. The molecular weight excluding hydrogens is 378 g/mol. The second-order valence-corrected chi connectivity index (χ2v) is 7.21. The largest absolute Gasteiger partial charge is 0.378 e. The highest BCUT2D eigenvalue weighted by Gasteiger charge is 2.17. The first-order chi connectivity index (χ1) is 14.9. The summed E-state index contributed by atoms with van der Waals surface area (Å²) in [6.45, 7) is 3.72. The highest BCUT2D eigenvalue weighted by Crippen LogP contribution is 2.29. The van der Waals surface area contributed by atoms with Gasteiger partial charge in [-0.3, -0.25) is 10.1 Å². The maximum Gasteiger partial charge on any atom is 0.228 e. The minimum absolute atomic E-state index is 0.689. The summed E-state index contributed by atoms with van der Waals surface area (Å²) in [4.78, 5) is 16.0. The summed E-state index contributed by atoms with van der Waals surface area (Å²) in [7, 11) is 0. The Morgan fingerprint density at radius 1 is 1.07 bits per heavy atom. The number of morpholine rings is 1. The first kappa shape index (κ1) is 18.5. The number of aromatic nitrogens is 5. The van der Waals surface area contributed by atoms with E-state index < -0.39 is 0 Å². The number of nitrogens with zero attached hydrogens (tertiary/aromatic N) is 5. The molecule has 5 rings (SSSR count). The molecule has 0 aliphatic carbocycles. The zero-order valence-electron chi connectivity index (χ0n) is 16.6. The fraction of sp³-hybridized carbons (Fsp3) is 0.273. The van der Waals surface area contributed by atoms with Crippen LogP contribution in [0.1, 0.15) is 5.56 Å². The molecule has 1 saturated heterocycles. The van der Waals surface area contributed by atoms with Crippen LogP contribution in [0.4, 0.5) is 11.8 Å². The number of rotatable bonds is 6. The van der Waals surface area contributed by atoms with Gasteiger partial charge in [-0.2, -0.15) is 10.1 Å². The van der Waals surface area contributed by atoms with Crippen molar-refractivity contribution >= 4 is 22.7 Å². The van der Waals surface area contributed by atoms with Crippen molar-refractivity contribution in [2.75, 3.05) is 43.1 Å². The Morgan fingerprint density at radius 2 is 2.00 bits per heavy atom. The molecule has 0 spiro atoms. The predicted molar refractivity (Wildman–Crippen MR) is 117 cm³/mol. The molecule has 0 unspecified atom stereocenters. The number of hydrogen-bond acceptors (Lipinski definition) is 7. The first-order valence-corrected chi connectivity index (χ1v) is 10.1. The summed E-state index contributed by atoms with van der Waals surface area (Å²) in [5, 5.41) is 11.7. The molecule has 1 aliphatic rings. The van der Waals surface area contributed by atoms with Gasteiger partial charge in [0, 0.05) is 49.0 Å². The lowest BCUT2D eigenvalue weighted by Crippen LogP contribution is -2.37. The van der Waals surface area contributed by atoms with E-state index in [0.717, 1.165) is 60.0 Å². The Balaban J connectivity index is 1.46. The number of benzene rings is 1. The van der Waals surface area contributed by atoms with Gasteiger partial charge < -0.3 is 15.0 Å². The zero-order chi connectivity index (χ0) is 20.2. The fourth-order valence-corrected chi connectivity index (χ4v) is 3.64. The third kappa shape index (κ3) is 3.95. The molecule has 1 aromatic carbocycles. The third-order valence-corrected chi connectivity index (χ3v) is 5.21. The maximum absolute atomic E-state index is 5.50. The Morgan fingerprint density at radius 3 is 2.87 bits per heavy atom. The van der Waals surface area contributed by atoms with Crippen LogP contribution in [-0.2, 0) is 11.2 Å². The van der Waals surface area contributed by atoms with E-state index in [-0.39, 0.29) is 0 Å². The fourth-order valence-electron chi connectivity index (χ4n) is 3.64. The van der Waals surface area contributed by atoms with Crippen LogP contribution in [0.2, 0.25) is 0 Å². The van der Waals surface area contributed by atoms with E-state index in [1.54, 1.807) is 6.20 Å². The highest BCUT2D eigenvalue weighted by atomic mass is 16.5. The third-order valence-electron chi connectivity index (χ3n) is 5.21. The van der Waals surface area contributed by atoms with Crippen molar-refractivity contribution in [3.8, 4) is 11.3 Å². The number of aromatic amines is 1. The van der Waals surface area contributed by atoms with Gasteiger partial charge in [0.15, 0.2) is 0 Å². The van der Waals surface area contributed by atoms with Crippen LogP contribution >= 0.6 is 0 Å². The minimum Gasteiger partial charge on any atom is -0.378 e. The van der Waals surface area contributed by atoms with Crippen molar-refractivity contribution in [3.05, 3.63) is 60.6 Å². The number of ether oxygens (including phenoxy) is 1. The van der Waals surface area contributed by atoms with E-state index in [9.17, 15) is 0 Å². The number of H-pyrrole nitrogens is 1. The van der Waals surface area contributed by atoms with E-state index in [2.05, 4.69) is 37.5 Å². The van der Waals surface area contributed by atoms with Crippen LogP contribution in [-0.4, -0.2) is 58.0 Å². The molecule has 152 valence electrons. The molecule has 30 heavy (non-hydrogen) atoms. The van der Waals surface area contributed by atoms with Gasteiger partial charge >= 0.3 is 0 Å². The molecule has 4 aromatic rings. The standard InChI is InChI=1S/C22H23N7O/c1-4-17(18-15-25-28-19(18)5-1)20-13-21(24-8-6-16-3-2-7-23-14-16)27-22(26-20)29-9-11-30-12-10-29/h1-5,7,13-15H,6,8-12H2,(H,25,28)(H,24,26,27). The lowest BCUT2D eigenvalue weighted by molar-refractivity contribution is 0.122. The average Bonchev–Trinajstić information content (AvgIpc) is 3.29. The lowest BCUT2D eigenvalue weighted by atomic mass is 10.1. The molecule has 0 radical (unpaired) electrons. The zero-order valence-corrected chi connectivity index (χ0v) is 16.6. The van der Waals surface area contributed by atoms with E-state index in [1.807, 2.05) is 36.7 Å². The summed E-state index contributed by atoms with van der Waals surface area (Å²) >= 11 is 0. The van der Waals surface area contributed by atoms with Gasteiger partial charge in [0.1, 0.15) is 5.82 Å². The molecule has 1 fully saturated rings. The number of nitrogens with one attached hydrogen (secondary N) is 2. The molecule has 3 aromatic heterocycles. The second kappa shape index (κ2) is 8.46. The van der Waals surface area contributed by atoms with Crippen molar-refractivity contribution in [2.24, 2.45) is 0 Å². The molecule has 0 bridgehead atoms. The SMILES string of the molecule is c1cncc(CCNc2cc(-c3cccc4[nH]ncc34)nc(N3CCOCC3)n2)c1. The van der Waals surface area contributed by atoms with Gasteiger partial charge in [-0.1, -0.05) is 18.2 Å². The normalized spacial score (nSPS) is 14.2. The van der Waals surface area contributed by atoms with E-state index in [4.69, 9.17) is 14.7 Å². The van der Waals surface area contributed by atoms with E-state index in [1.165, 1.54) is 5.56 Å². The molecule has 0 amide bonds. The number of hydrogen-bond donors (Lipinski definition) is 2. The second-order valence-electron chi connectivity index (χ2n) is 7.21. The topological polar surface area (TPSA) is 91.9 Å². The molecule has 0 atom stereocenters. The summed E-state index contributed by atoms with van der Waals surface area (Å²) in [5.41, 5.74) is 4.09. The molecule has 4 heterocycles. The Hall–Kier alpha value is -3.52. The van der Waals surface area contributed by atoms with Crippen LogP contribution in [0.5, 0.6) is 0 Å². The van der Waals surface area contributed by atoms with Gasteiger partial charge in [-0.15, -0.1) is 0 Å². The average molecular weight is 401 g/mol. The van der Waals surface area contributed by atoms with Crippen molar-refractivity contribution in [2.45, 2.75) is 6.42 Å². The van der Waals surface area contributed by atoms with Crippen molar-refractivity contribution in [1.82, 2.24) is 25.1 Å². The van der Waals surface area contributed by atoms with Gasteiger partial charge in [-0.25, -0.2) is 4.98 Å². The van der Waals surface area contributed by atoms with Crippen LogP contribution < -0.4 is 10.2 Å². The van der Waals surface area contributed by atoms with Crippen molar-refractivity contribution < 1.29 is 4.74 Å². The molecular formula is C22H23N7O. The smallest absolute Gasteiger partial charge is 0.228 e. The summed E-state index contributed by atoms with van der Waals surface area (Å²) < 4.78 is 5.50. The number of anilines is 2. The summed E-state index contributed by atoms with van der Waals surface area (Å²) in [5.74, 6) is 1.53. The molecule has 8 nitrogen and oxygen atoms in total. The quantitative estimate of drug-likeness (QED) is 0.513. The molecule has 0 saturated carbocycles. The van der Waals surface area contributed by atoms with Gasteiger partial charge in [0.2, 0.25) is 5.95 Å². The van der Waals surface area contributed by atoms with E-state index >= 15 is 0 Å². The predicted octanol–water partition coefficient (Wildman–Crippen LogP) is 2.91. The first-order valence-electron chi connectivity index (χ1n) is 10.1. The van der Waals surface area contributed by atoms with E-state index in [0.29, 0.717) is 13.2 Å². The number of fused-ring (bicyclic) bond motifs is 1. The lowest BCUT2D eigenvalue weighted by Gasteiger charge is -2.27.